The summed E-state index contributed by atoms with van der Waals surface area (Å²) in [6.07, 6.45) is 0. The zero-order chi connectivity index (χ0) is 12.6. The second-order valence-corrected chi connectivity index (χ2v) is 5.37. The van der Waals surface area contributed by atoms with Crippen LogP contribution in [0.2, 0.25) is 0 Å². The summed E-state index contributed by atoms with van der Waals surface area (Å²) in [5.74, 6) is -0.153. The van der Waals surface area contributed by atoms with Gasteiger partial charge in [-0.3, -0.25) is 0 Å². The van der Waals surface area contributed by atoms with Gasteiger partial charge < -0.3 is 9.15 Å². The number of alkyl halides is 2. The van der Waals surface area contributed by atoms with Gasteiger partial charge in [-0.15, -0.1) is 0 Å². The van der Waals surface area contributed by atoms with Gasteiger partial charge in [0.15, 0.2) is 5.58 Å². The lowest BCUT2D eigenvalue weighted by molar-refractivity contribution is -0.0497. The minimum absolute atomic E-state index is 0.0578. The molecular formula is C8H4ClF2NO4S. The van der Waals surface area contributed by atoms with Crippen molar-refractivity contribution < 1.29 is 26.4 Å². The number of oxazole rings is 1. The first-order valence-electron chi connectivity index (χ1n) is 4.16. The van der Waals surface area contributed by atoms with E-state index in [1.807, 2.05) is 0 Å². The van der Waals surface area contributed by atoms with Gasteiger partial charge in [-0.2, -0.15) is 13.8 Å². The van der Waals surface area contributed by atoms with E-state index in [2.05, 4.69) is 9.72 Å². The molecule has 0 saturated carbocycles. The predicted molar refractivity (Wildman–Crippen MR) is 53.7 cm³/mol. The molecule has 0 N–H and O–H groups in total. The Morgan fingerprint density at radius 1 is 1.41 bits per heavy atom. The SMILES string of the molecule is O=S(=O)(Cl)c1nc2cc(OC(F)F)ccc2o1. The van der Waals surface area contributed by atoms with Crippen LogP contribution in [-0.2, 0) is 9.05 Å². The summed E-state index contributed by atoms with van der Waals surface area (Å²) in [7, 11) is 0.924. The first kappa shape index (κ1) is 12.1. The lowest BCUT2D eigenvalue weighted by Gasteiger charge is -2.02. The van der Waals surface area contributed by atoms with Gasteiger partial charge >= 0.3 is 20.9 Å². The third kappa shape index (κ3) is 2.64. The third-order valence-corrected chi connectivity index (χ3v) is 2.76. The van der Waals surface area contributed by atoms with Crippen molar-refractivity contribution in [2.75, 3.05) is 0 Å². The van der Waals surface area contributed by atoms with Gasteiger partial charge in [0.1, 0.15) is 11.3 Å². The lowest BCUT2D eigenvalue weighted by Crippen LogP contribution is -2.01. The van der Waals surface area contributed by atoms with E-state index < -0.39 is 20.9 Å². The molecule has 17 heavy (non-hydrogen) atoms. The molecular weight excluding hydrogens is 280 g/mol. The fourth-order valence-electron chi connectivity index (χ4n) is 1.17. The first-order chi connectivity index (χ1) is 7.86. The average Bonchev–Trinajstić information content (AvgIpc) is 2.58. The van der Waals surface area contributed by atoms with Crippen LogP contribution >= 0.6 is 10.7 Å². The Labute approximate surface area is 98.4 Å². The van der Waals surface area contributed by atoms with Gasteiger partial charge in [0, 0.05) is 16.7 Å². The Kier molecular flexibility index (Phi) is 2.92. The van der Waals surface area contributed by atoms with E-state index >= 15 is 0 Å². The quantitative estimate of drug-likeness (QED) is 0.809. The molecule has 1 heterocycles. The maximum Gasteiger partial charge on any atom is 0.387 e. The van der Waals surface area contributed by atoms with Crippen molar-refractivity contribution in [2.24, 2.45) is 0 Å². The summed E-state index contributed by atoms with van der Waals surface area (Å²) >= 11 is 0. The number of hydrogen-bond donors (Lipinski definition) is 0. The zero-order valence-corrected chi connectivity index (χ0v) is 9.50. The molecule has 0 saturated heterocycles. The molecule has 0 aliphatic rings. The van der Waals surface area contributed by atoms with Crippen LogP contribution in [-0.4, -0.2) is 20.0 Å². The highest BCUT2D eigenvalue weighted by Gasteiger charge is 2.19. The molecule has 0 aliphatic heterocycles. The Balaban J connectivity index is 2.48. The van der Waals surface area contributed by atoms with E-state index in [1.165, 1.54) is 12.1 Å². The molecule has 0 radical (unpaired) electrons. The molecule has 0 unspecified atom stereocenters. The molecule has 0 bridgehead atoms. The van der Waals surface area contributed by atoms with Crippen molar-refractivity contribution in [1.29, 1.82) is 0 Å². The fraction of sp³-hybridized carbons (Fsp3) is 0.125. The highest BCUT2D eigenvalue weighted by atomic mass is 35.7. The molecule has 0 spiro atoms. The number of hydrogen-bond acceptors (Lipinski definition) is 5. The molecule has 1 aromatic heterocycles. The van der Waals surface area contributed by atoms with Crippen molar-refractivity contribution in [2.45, 2.75) is 11.8 Å². The molecule has 0 fully saturated rings. The standard InChI is InChI=1S/C8H4ClF2NO4S/c9-17(13,14)8-12-5-3-4(15-7(10)11)1-2-6(5)16-8/h1-3,7H. The topological polar surface area (TPSA) is 69.4 Å². The summed E-state index contributed by atoms with van der Waals surface area (Å²) in [4.78, 5) is 3.54. The lowest BCUT2D eigenvalue weighted by atomic mass is 10.3. The molecule has 0 atom stereocenters. The molecule has 1 aromatic carbocycles. The fourth-order valence-corrected chi connectivity index (χ4v) is 1.76. The van der Waals surface area contributed by atoms with Crippen LogP contribution in [0.5, 0.6) is 5.75 Å². The molecule has 2 rings (SSSR count). The number of fused-ring (bicyclic) bond motifs is 1. The van der Waals surface area contributed by atoms with Gasteiger partial charge in [0.25, 0.3) is 0 Å². The summed E-state index contributed by atoms with van der Waals surface area (Å²) in [6, 6.07) is 3.58. The largest absolute Gasteiger partial charge is 0.435 e. The maximum absolute atomic E-state index is 11.9. The second-order valence-electron chi connectivity index (χ2n) is 2.93. The van der Waals surface area contributed by atoms with Crippen LogP contribution in [0.1, 0.15) is 0 Å². The van der Waals surface area contributed by atoms with Crippen LogP contribution in [0.4, 0.5) is 8.78 Å². The van der Waals surface area contributed by atoms with Crippen LogP contribution in [0.25, 0.3) is 11.1 Å². The van der Waals surface area contributed by atoms with Crippen molar-refractivity contribution >= 4 is 30.8 Å². The Bertz CT molecular complexity index is 655. The van der Waals surface area contributed by atoms with Crippen LogP contribution in [0, 0.1) is 0 Å². The van der Waals surface area contributed by atoms with E-state index in [0.29, 0.717) is 0 Å². The molecule has 9 heteroatoms. The Morgan fingerprint density at radius 2 is 2.12 bits per heavy atom. The Morgan fingerprint density at radius 3 is 2.71 bits per heavy atom. The Hall–Kier alpha value is -1.41. The highest BCUT2D eigenvalue weighted by molar-refractivity contribution is 8.13. The average molecular weight is 284 g/mol. The molecule has 2 aromatic rings. The number of benzene rings is 1. The number of nitrogens with zero attached hydrogens (tertiary/aromatic N) is 1. The normalized spacial score (nSPS) is 12.2. The number of aromatic nitrogens is 1. The third-order valence-electron chi connectivity index (χ3n) is 1.77. The van der Waals surface area contributed by atoms with Crippen molar-refractivity contribution in [3.05, 3.63) is 18.2 Å². The number of ether oxygens (including phenoxy) is 1. The van der Waals surface area contributed by atoms with Gasteiger partial charge in [0.05, 0.1) is 0 Å². The van der Waals surface area contributed by atoms with Gasteiger partial charge in [-0.05, 0) is 12.1 Å². The van der Waals surface area contributed by atoms with Gasteiger partial charge in [-0.1, -0.05) is 0 Å². The first-order valence-corrected chi connectivity index (χ1v) is 6.47. The van der Waals surface area contributed by atoms with E-state index in [9.17, 15) is 17.2 Å². The zero-order valence-electron chi connectivity index (χ0n) is 7.93. The smallest absolute Gasteiger partial charge is 0.387 e. The number of halogens is 3. The minimum atomic E-state index is -4.10. The summed E-state index contributed by atoms with van der Waals surface area (Å²) in [6.45, 7) is -2.98. The molecule has 92 valence electrons. The number of rotatable bonds is 3. The predicted octanol–water partition coefficient (Wildman–Crippen LogP) is 2.36. The van der Waals surface area contributed by atoms with E-state index in [-0.39, 0.29) is 16.8 Å². The van der Waals surface area contributed by atoms with Crippen molar-refractivity contribution in [3.8, 4) is 5.75 Å². The highest BCUT2D eigenvalue weighted by Crippen LogP contribution is 2.25. The second kappa shape index (κ2) is 4.11. The van der Waals surface area contributed by atoms with Gasteiger partial charge in [0.2, 0.25) is 0 Å². The minimum Gasteiger partial charge on any atom is -0.435 e. The van der Waals surface area contributed by atoms with E-state index in [4.69, 9.17) is 15.1 Å². The van der Waals surface area contributed by atoms with Crippen molar-refractivity contribution in [1.82, 2.24) is 4.98 Å². The van der Waals surface area contributed by atoms with Crippen molar-refractivity contribution in [3.63, 3.8) is 0 Å². The summed E-state index contributed by atoms with van der Waals surface area (Å²) in [5, 5.41) is -0.691. The molecule has 5 nitrogen and oxygen atoms in total. The summed E-state index contributed by atoms with van der Waals surface area (Å²) in [5.41, 5.74) is 0.160. The maximum atomic E-state index is 11.9. The van der Waals surface area contributed by atoms with Crippen LogP contribution < -0.4 is 4.74 Å². The summed E-state index contributed by atoms with van der Waals surface area (Å²) < 4.78 is 54.6. The molecule has 0 amide bonds. The van der Waals surface area contributed by atoms with Crippen LogP contribution in [0.15, 0.2) is 27.8 Å². The van der Waals surface area contributed by atoms with E-state index in [0.717, 1.165) is 6.07 Å². The van der Waals surface area contributed by atoms with E-state index in [1.54, 1.807) is 0 Å². The molecule has 0 aliphatic carbocycles. The van der Waals surface area contributed by atoms with Gasteiger partial charge in [-0.25, -0.2) is 8.42 Å². The monoisotopic (exact) mass is 283 g/mol. The van der Waals surface area contributed by atoms with Crippen LogP contribution in [0.3, 0.4) is 0 Å².